The number of carbonyl (C=O) groups excluding carboxylic acids is 1. The number of hydrogen-bond acceptors (Lipinski definition) is 5. The standard InChI is InChI=1S/C18H37FN2O4/c1-15(2)20-7-9-24-11-13-25-12-10-23-8-6-16(19)14-21-17(22)18(3,4)5/h15-16,20H,6-14H2,1-5H3,(H,21,22). The number of carbonyl (C=O) groups is 1. The van der Waals surface area contributed by atoms with Crippen LogP contribution in [0.1, 0.15) is 41.0 Å². The molecule has 150 valence electrons. The molecule has 0 fully saturated rings. The Labute approximate surface area is 152 Å². The van der Waals surface area contributed by atoms with Crippen molar-refractivity contribution >= 4 is 5.91 Å². The van der Waals surface area contributed by atoms with Crippen molar-refractivity contribution in [1.29, 1.82) is 0 Å². The van der Waals surface area contributed by atoms with Crippen molar-refractivity contribution in [1.82, 2.24) is 10.6 Å². The smallest absolute Gasteiger partial charge is 0.225 e. The fourth-order valence-corrected chi connectivity index (χ4v) is 1.74. The molecule has 0 bridgehead atoms. The van der Waals surface area contributed by atoms with Gasteiger partial charge in [0.2, 0.25) is 5.91 Å². The molecule has 25 heavy (non-hydrogen) atoms. The lowest BCUT2D eigenvalue weighted by Crippen LogP contribution is -2.38. The van der Waals surface area contributed by atoms with Gasteiger partial charge in [-0.3, -0.25) is 4.79 Å². The van der Waals surface area contributed by atoms with Gasteiger partial charge in [-0.15, -0.1) is 0 Å². The van der Waals surface area contributed by atoms with E-state index >= 15 is 0 Å². The van der Waals surface area contributed by atoms with Crippen molar-refractivity contribution in [2.75, 3.05) is 52.7 Å². The minimum absolute atomic E-state index is 0.0268. The highest BCUT2D eigenvalue weighted by atomic mass is 19.1. The first-order chi connectivity index (χ1) is 11.7. The second kappa shape index (κ2) is 14.4. The number of rotatable bonds is 15. The molecule has 6 nitrogen and oxygen atoms in total. The fraction of sp³-hybridized carbons (Fsp3) is 0.944. The Morgan fingerprint density at radius 3 is 2.00 bits per heavy atom. The summed E-state index contributed by atoms with van der Waals surface area (Å²) in [5.74, 6) is -0.147. The van der Waals surface area contributed by atoms with Gasteiger partial charge in [0.15, 0.2) is 0 Å². The third kappa shape index (κ3) is 16.5. The molecule has 1 unspecified atom stereocenters. The minimum atomic E-state index is -1.10. The van der Waals surface area contributed by atoms with Crippen LogP contribution in [0.15, 0.2) is 0 Å². The van der Waals surface area contributed by atoms with Crippen LogP contribution in [0.2, 0.25) is 0 Å². The van der Waals surface area contributed by atoms with E-state index in [1.807, 2.05) is 0 Å². The summed E-state index contributed by atoms with van der Waals surface area (Å²) in [7, 11) is 0. The molecule has 0 heterocycles. The maximum atomic E-state index is 13.6. The zero-order valence-electron chi connectivity index (χ0n) is 16.5. The van der Waals surface area contributed by atoms with E-state index in [-0.39, 0.29) is 18.9 Å². The Hall–Kier alpha value is -0.760. The lowest BCUT2D eigenvalue weighted by molar-refractivity contribution is -0.128. The Balaban J connectivity index is 3.31. The normalized spacial score (nSPS) is 13.2. The van der Waals surface area contributed by atoms with E-state index in [9.17, 15) is 9.18 Å². The molecule has 0 spiro atoms. The Kier molecular flexibility index (Phi) is 14.0. The van der Waals surface area contributed by atoms with Crippen LogP contribution < -0.4 is 10.6 Å². The highest BCUT2D eigenvalue weighted by molar-refractivity contribution is 5.81. The lowest BCUT2D eigenvalue weighted by Gasteiger charge is -2.18. The number of amides is 1. The zero-order valence-corrected chi connectivity index (χ0v) is 16.5. The predicted octanol–water partition coefficient (Wildman–Crippen LogP) is 1.92. The maximum absolute atomic E-state index is 13.6. The summed E-state index contributed by atoms with van der Waals surface area (Å²) in [6, 6.07) is 0.468. The van der Waals surface area contributed by atoms with Crippen LogP contribution in [-0.2, 0) is 19.0 Å². The molecule has 0 rings (SSSR count). The van der Waals surface area contributed by atoms with Gasteiger partial charge in [0.1, 0.15) is 6.17 Å². The van der Waals surface area contributed by atoms with Gasteiger partial charge in [0.25, 0.3) is 0 Å². The monoisotopic (exact) mass is 364 g/mol. The van der Waals surface area contributed by atoms with Crippen LogP contribution in [0.3, 0.4) is 0 Å². The molecule has 1 atom stereocenters. The first-order valence-corrected chi connectivity index (χ1v) is 9.12. The molecule has 2 N–H and O–H groups in total. The Morgan fingerprint density at radius 2 is 1.48 bits per heavy atom. The summed E-state index contributed by atoms with van der Waals surface area (Å²) in [5, 5.41) is 5.87. The minimum Gasteiger partial charge on any atom is -0.379 e. The van der Waals surface area contributed by atoms with Gasteiger partial charge in [0.05, 0.1) is 33.0 Å². The second-order valence-corrected chi connectivity index (χ2v) is 7.29. The fourth-order valence-electron chi connectivity index (χ4n) is 1.74. The number of hydrogen-bond donors (Lipinski definition) is 2. The van der Waals surface area contributed by atoms with Crippen LogP contribution in [-0.4, -0.2) is 70.9 Å². The van der Waals surface area contributed by atoms with Crippen LogP contribution in [0.25, 0.3) is 0 Å². The van der Waals surface area contributed by atoms with Crippen LogP contribution in [0.4, 0.5) is 4.39 Å². The Bertz CT molecular complexity index is 336. The molecule has 0 aliphatic carbocycles. The summed E-state index contributed by atoms with van der Waals surface area (Å²) in [5.41, 5.74) is -0.498. The average Bonchev–Trinajstić information content (AvgIpc) is 2.52. The van der Waals surface area contributed by atoms with Gasteiger partial charge < -0.3 is 24.8 Å². The molecule has 0 radical (unpaired) electrons. The number of ether oxygens (including phenoxy) is 3. The Morgan fingerprint density at radius 1 is 0.960 bits per heavy atom. The van der Waals surface area contributed by atoms with Gasteiger partial charge in [0, 0.05) is 37.6 Å². The molecule has 0 aliphatic heterocycles. The summed E-state index contributed by atoms with van der Waals surface area (Å²) in [4.78, 5) is 11.6. The van der Waals surface area contributed by atoms with Crippen LogP contribution in [0.5, 0.6) is 0 Å². The molecule has 1 amide bonds. The van der Waals surface area contributed by atoms with E-state index in [4.69, 9.17) is 14.2 Å². The molecule has 0 aromatic rings. The van der Waals surface area contributed by atoms with Gasteiger partial charge in [-0.1, -0.05) is 34.6 Å². The second-order valence-electron chi connectivity index (χ2n) is 7.29. The molecule has 0 aliphatic rings. The summed E-state index contributed by atoms with van der Waals surface area (Å²) < 4.78 is 29.7. The van der Waals surface area contributed by atoms with E-state index in [0.29, 0.717) is 45.7 Å². The highest BCUT2D eigenvalue weighted by Gasteiger charge is 2.21. The van der Waals surface area contributed by atoms with Crippen molar-refractivity contribution < 1.29 is 23.4 Å². The van der Waals surface area contributed by atoms with Gasteiger partial charge in [-0.2, -0.15) is 0 Å². The number of halogens is 1. The SMILES string of the molecule is CC(C)NCCOCCOCCOCCC(F)CNC(=O)C(C)(C)C. The molecular weight excluding hydrogens is 327 g/mol. The third-order valence-electron chi connectivity index (χ3n) is 3.28. The first kappa shape index (κ1) is 24.2. The summed E-state index contributed by atoms with van der Waals surface area (Å²) in [6.45, 7) is 13.4. The zero-order chi connectivity index (χ0) is 19.1. The molecule has 7 heteroatoms. The van der Waals surface area contributed by atoms with Crippen molar-refractivity contribution in [2.24, 2.45) is 5.41 Å². The van der Waals surface area contributed by atoms with Crippen molar-refractivity contribution in [3.05, 3.63) is 0 Å². The lowest BCUT2D eigenvalue weighted by atomic mass is 9.96. The van der Waals surface area contributed by atoms with Crippen molar-refractivity contribution in [3.8, 4) is 0 Å². The summed E-state index contributed by atoms with van der Waals surface area (Å²) in [6.07, 6.45) is -0.837. The van der Waals surface area contributed by atoms with E-state index in [1.165, 1.54) is 0 Å². The van der Waals surface area contributed by atoms with E-state index < -0.39 is 11.6 Å². The first-order valence-electron chi connectivity index (χ1n) is 9.12. The maximum Gasteiger partial charge on any atom is 0.225 e. The van der Waals surface area contributed by atoms with E-state index in [2.05, 4.69) is 24.5 Å². The van der Waals surface area contributed by atoms with Crippen LogP contribution >= 0.6 is 0 Å². The summed E-state index contributed by atoms with van der Waals surface area (Å²) >= 11 is 0. The average molecular weight is 365 g/mol. The third-order valence-corrected chi connectivity index (χ3v) is 3.28. The van der Waals surface area contributed by atoms with Gasteiger partial charge in [-0.05, 0) is 0 Å². The van der Waals surface area contributed by atoms with E-state index in [1.54, 1.807) is 20.8 Å². The van der Waals surface area contributed by atoms with Crippen LogP contribution in [0, 0.1) is 5.41 Å². The predicted molar refractivity (Wildman–Crippen MR) is 97.6 cm³/mol. The van der Waals surface area contributed by atoms with Crippen molar-refractivity contribution in [3.63, 3.8) is 0 Å². The molecular formula is C18H37FN2O4. The largest absolute Gasteiger partial charge is 0.379 e. The van der Waals surface area contributed by atoms with Crippen molar-refractivity contribution in [2.45, 2.75) is 53.3 Å². The quantitative estimate of drug-likeness (QED) is 0.435. The number of alkyl halides is 1. The molecule has 0 aromatic carbocycles. The highest BCUT2D eigenvalue weighted by Crippen LogP contribution is 2.12. The molecule has 0 aromatic heterocycles. The number of nitrogens with one attached hydrogen (secondary N) is 2. The van der Waals surface area contributed by atoms with E-state index in [0.717, 1.165) is 6.54 Å². The molecule has 0 saturated heterocycles. The molecule has 0 saturated carbocycles. The van der Waals surface area contributed by atoms with Gasteiger partial charge >= 0.3 is 0 Å². The van der Waals surface area contributed by atoms with Gasteiger partial charge in [-0.25, -0.2) is 4.39 Å². The topological polar surface area (TPSA) is 68.8 Å².